The molecule has 0 saturated carbocycles. The SMILES string of the molecule is O=C(Nc1cc2ccccc2oc1=O)[C@H](Cc1ccccc1)N1C(=O)c2ccccc2C1=O. The molecule has 162 valence electrons. The van der Waals surface area contributed by atoms with E-state index in [-0.39, 0.29) is 23.2 Å². The van der Waals surface area contributed by atoms with Crippen LogP contribution in [-0.4, -0.2) is 28.7 Å². The second kappa shape index (κ2) is 8.20. The minimum atomic E-state index is -1.16. The first-order chi connectivity index (χ1) is 16.0. The number of benzene rings is 3. The maximum absolute atomic E-state index is 13.4. The lowest BCUT2D eigenvalue weighted by molar-refractivity contribution is -0.119. The zero-order valence-corrected chi connectivity index (χ0v) is 17.4. The summed E-state index contributed by atoms with van der Waals surface area (Å²) in [6.45, 7) is 0. The molecule has 3 aromatic carbocycles. The van der Waals surface area contributed by atoms with Crippen molar-refractivity contribution in [2.24, 2.45) is 0 Å². The Balaban J connectivity index is 1.52. The molecule has 7 heteroatoms. The Morgan fingerprint density at radius 1 is 0.818 bits per heavy atom. The summed E-state index contributed by atoms with van der Waals surface area (Å²) in [5.74, 6) is -1.75. The molecular weight excluding hydrogens is 420 g/mol. The fraction of sp³-hybridized carbons (Fsp3) is 0.0769. The monoisotopic (exact) mass is 438 g/mol. The van der Waals surface area contributed by atoms with Gasteiger partial charge in [-0.05, 0) is 29.8 Å². The van der Waals surface area contributed by atoms with E-state index in [1.54, 1.807) is 48.5 Å². The summed E-state index contributed by atoms with van der Waals surface area (Å²) in [5.41, 5.74) is 0.870. The first kappa shape index (κ1) is 20.4. The van der Waals surface area contributed by atoms with Crippen LogP contribution in [0.15, 0.2) is 94.1 Å². The zero-order chi connectivity index (χ0) is 22.9. The number of para-hydroxylation sites is 1. The van der Waals surface area contributed by atoms with Gasteiger partial charge in [0.2, 0.25) is 5.91 Å². The van der Waals surface area contributed by atoms with Gasteiger partial charge < -0.3 is 9.73 Å². The van der Waals surface area contributed by atoms with Crippen LogP contribution in [-0.2, 0) is 11.2 Å². The van der Waals surface area contributed by atoms with Crippen molar-refractivity contribution in [3.63, 3.8) is 0 Å². The zero-order valence-electron chi connectivity index (χ0n) is 17.4. The Hall–Kier alpha value is -4.52. The third kappa shape index (κ3) is 3.70. The van der Waals surface area contributed by atoms with Crippen LogP contribution in [0.4, 0.5) is 5.69 Å². The molecule has 2 heterocycles. The van der Waals surface area contributed by atoms with Crippen molar-refractivity contribution in [3.05, 3.63) is 112 Å². The lowest BCUT2D eigenvalue weighted by Gasteiger charge is -2.25. The van der Waals surface area contributed by atoms with Crippen molar-refractivity contribution in [1.29, 1.82) is 0 Å². The molecule has 0 saturated heterocycles. The number of hydrogen-bond acceptors (Lipinski definition) is 5. The average Bonchev–Trinajstić information content (AvgIpc) is 3.08. The minimum absolute atomic E-state index is 0.0617. The van der Waals surface area contributed by atoms with Gasteiger partial charge in [0.1, 0.15) is 17.3 Å². The van der Waals surface area contributed by atoms with Crippen LogP contribution < -0.4 is 10.9 Å². The summed E-state index contributed by atoms with van der Waals surface area (Å²) in [5, 5.41) is 3.21. The molecule has 33 heavy (non-hydrogen) atoms. The van der Waals surface area contributed by atoms with Gasteiger partial charge in [0, 0.05) is 11.8 Å². The van der Waals surface area contributed by atoms with Crippen molar-refractivity contribution < 1.29 is 18.8 Å². The number of imide groups is 1. The molecule has 1 aliphatic heterocycles. The van der Waals surface area contributed by atoms with E-state index < -0.39 is 29.4 Å². The molecule has 0 unspecified atom stereocenters. The van der Waals surface area contributed by atoms with Gasteiger partial charge in [-0.25, -0.2) is 4.79 Å². The molecule has 0 spiro atoms. The Bertz CT molecular complexity index is 1420. The number of nitrogens with one attached hydrogen (secondary N) is 1. The van der Waals surface area contributed by atoms with E-state index >= 15 is 0 Å². The van der Waals surface area contributed by atoms with Gasteiger partial charge in [-0.2, -0.15) is 0 Å². The second-order valence-corrected chi connectivity index (χ2v) is 7.71. The largest absolute Gasteiger partial charge is 0.421 e. The third-order valence-corrected chi connectivity index (χ3v) is 5.61. The lowest BCUT2D eigenvalue weighted by Crippen LogP contribution is -2.48. The number of amides is 3. The van der Waals surface area contributed by atoms with Gasteiger partial charge in [-0.15, -0.1) is 0 Å². The van der Waals surface area contributed by atoms with E-state index in [0.29, 0.717) is 11.0 Å². The standard InChI is InChI=1S/C26H18N2O5/c29-23(27-20-15-17-10-4-7-13-22(17)33-26(20)32)21(14-16-8-2-1-3-9-16)28-24(30)18-11-5-6-12-19(18)25(28)31/h1-13,15,21H,14H2,(H,27,29)/t21-/m0/s1. The van der Waals surface area contributed by atoms with Gasteiger partial charge >= 0.3 is 5.63 Å². The summed E-state index contributed by atoms with van der Waals surface area (Å²) in [6, 6.07) is 22.8. The smallest absolute Gasteiger partial charge is 0.360 e. The highest BCUT2D eigenvalue weighted by atomic mass is 16.4. The number of rotatable bonds is 5. The van der Waals surface area contributed by atoms with E-state index in [4.69, 9.17) is 4.42 Å². The number of fused-ring (bicyclic) bond motifs is 2. The molecule has 0 bridgehead atoms. The fourth-order valence-corrected chi connectivity index (χ4v) is 3.99. The number of anilines is 1. The van der Waals surface area contributed by atoms with Gasteiger partial charge in [0.25, 0.3) is 11.8 Å². The summed E-state index contributed by atoms with van der Waals surface area (Å²) in [6.07, 6.45) is 0.0943. The Kier molecular flexibility index (Phi) is 5.06. The molecule has 7 nitrogen and oxygen atoms in total. The van der Waals surface area contributed by atoms with E-state index in [1.165, 1.54) is 6.07 Å². The van der Waals surface area contributed by atoms with Crippen LogP contribution >= 0.6 is 0 Å². The predicted molar refractivity (Wildman–Crippen MR) is 122 cm³/mol. The highest BCUT2D eigenvalue weighted by Gasteiger charge is 2.42. The van der Waals surface area contributed by atoms with Gasteiger partial charge in [0.15, 0.2) is 0 Å². The molecule has 0 fully saturated rings. The van der Waals surface area contributed by atoms with Crippen molar-refractivity contribution >= 4 is 34.4 Å². The topological polar surface area (TPSA) is 96.7 Å². The van der Waals surface area contributed by atoms with E-state index in [9.17, 15) is 19.2 Å². The number of carbonyl (C=O) groups is 3. The maximum atomic E-state index is 13.4. The molecule has 1 aromatic heterocycles. The highest BCUT2D eigenvalue weighted by Crippen LogP contribution is 2.27. The lowest BCUT2D eigenvalue weighted by atomic mass is 10.0. The van der Waals surface area contributed by atoms with E-state index in [1.807, 2.05) is 30.3 Å². The Morgan fingerprint density at radius 3 is 2.12 bits per heavy atom. The molecule has 1 aliphatic rings. The van der Waals surface area contributed by atoms with Crippen molar-refractivity contribution in [2.75, 3.05) is 5.32 Å². The minimum Gasteiger partial charge on any atom is -0.421 e. The fourth-order valence-electron chi connectivity index (χ4n) is 3.99. The summed E-state index contributed by atoms with van der Waals surface area (Å²) >= 11 is 0. The summed E-state index contributed by atoms with van der Waals surface area (Å²) in [7, 11) is 0. The Morgan fingerprint density at radius 2 is 1.42 bits per heavy atom. The van der Waals surface area contributed by atoms with Crippen LogP contribution in [0.3, 0.4) is 0 Å². The molecule has 1 atom stereocenters. The van der Waals surface area contributed by atoms with Gasteiger partial charge in [-0.1, -0.05) is 60.7 Å². The normalized spacial score (nSPS) is 13.8. The van der Waals surface area contributed by atoms with Crippen molar-refractivity contribution in [3.8, 4) is 0 Å². The van der Waals surface area contributed by atoms with E-state index in [2.05, 4.69) is 5.32 Å². The Labute approximate surface area is 188 Å². The molecular formula is C26H18N2O5. The summed E-state index contributed by atoms with van der Waals surface area (Å²) in [4.78, 5) is 53.0. The number of carbonyl (C=O) groups excluding carboxylic acids is 3. The quantitative estimate of drug-likeness (QED) is 0.379. The molecule has 5 rings (SSSR count). The second-order valence-electron chi connectivity index (χ2n) is 7.71. The first-order valence-corrected chi connectivity index (χ1v) is 10.4. The number of nitrogens with zero attached hydrogens (tertiary/aromatic N) is 1. The maximum Gasteiger partial charge on any atom is 0.360 e. The van der Waals surface area contributed by atoms with Crippen LogP contribution in [0.5, 0.6) is 0 Å². The molecule has 3 amide bonds. The van der Waals surface area contributed by atoms with Crippen LogP contribution in [0, 0.1) is 0 Å². The van der Waals surface area contributed by atoms with Crippen molar-refractivity contribution in [2.45, 2.75) is 12.5 Å². The highest BCUT2D eigenvalue weighted by molar-refractivity contribution is 6.23. The van der Waals surface area contributed by atoms with Gasteiger partial charge in [0.05, 0.1) is 11.1 Å². The predicted octanol–water partition coefficient (Wildman–Crippen LogP) is 3.64. The number of hydrogen-bond donors (Lipinski definition) is 1. The van der Waals surface area contributed by atoms with E-state index in [0.717, 1.165) is 10.5 Å². The molecule has 4 aromatic rings. The van der Waals surface area contributed by atoms with Crippen LogP contribution in [0.2, 0.25) is 0 Å². The van der Waals surface area contributed by atoms with Crippen LogP contribution in [0.1, 0.15) is 26.3 Å². The molecule has 1 N–H and O–H groups in total. The van der Waals surface area contributed by atoms with Gasteiger partial charge in [-0.3, -0.25) is 19.3 Å². The first-order valence-electron chi connectivity index (χ1n) is 10.4. The molecule has 0 aliphatic carbocycles. The van der Waals surface area contributed by atoms with Crippen molar-refractivity contribution in [1.82, 2.24) is 4.90 Å². The molecule has 0 radical (unpaired) electrons. The van der Waals surface area contributed by atoms with Crippen LogP contribution in [0.25, 0.3) is 11.0 Å². The average molecular weight is 438 g/mol. The third-order valence-electron chi connectivity index (χ3n) is 5.61. The summed E-state index contributed by atoms with van der Waals surface area (Å²) < 4.78 is 5.29.